The van der Waals surface area contributed by atoms with Gasteiger partial charge >= 0.3 is 0 Å². The molecule has 0 radical (unpaired) electrons. The first-order valence-corrected chi connectivity index (χ1v) is 8.11. The molecule has 0 aliphatic carbocycles. The van der Waals surface area contributed by atoms with Crippen LogP contribution in [0.5, 0.6) is 5.75 Å². The minimum Gasteiger partial charge on any atom is -0.494 e. The third kappa shape index (κ3) is 5.53. The van der Waals surface area contributed by atoms with Crippen molar-refractivity contribution < 1.29 is 23.4 Å². The normalized spacial score (nSPS) is 11.8. The van der Waals surface area contributed by atoms with Crippen molar-refractivity contribution in [1.29, 1.82) is 0 Å². The highest BCUT2D eigenvalue weighted by molar-refractivity contribution is 5.76. The van der Waals surface area contributed by atoms with E-state index in [2.05, 4.69) is 5.32 Å². The molecular formula is C19H21F2NO3. The lowest BCUT2D eigenvalue weighted by Crippen LogP contribution is -2.29. The second-order valence-electron chi connectivity index (χ2n) is 5.53. The summed E-state index contributed by atoms with van der Waals surface area (Å²) in [5.41, 5.74) is 0.536. The summed E-state index contributed by atoms with van der Waals surface area (Å²) in [5, 5.41) is 12.4. The molecule has 0 saturated carbocycles. The van der Waals surface area contributed by atoms with Gasteiger partial charge in [0, 0.05) is 13.0 Å². The molecule has 2 rings (SSSR count). The predicted octanol–water partition coefficient (Wildman–Crippen LogP) is 3.15. The Hall–Kier alpha value is -2.47. The number of hydrogen-bond donors (Lipinski definition) is 2. The lowest BCUT2D eigenvalue weighted by atomic mass is 10.1. The van der Waals surface area contributed by atoms with E-state index >= 15 is 0 Å². The Morgan fingerprint density at radius 2 is 1.80 bits per heavy atom. The molecule has 0 spiro atoms. The van der Waals surface area contributed by atoms with Crippen molar-refractivity contribution >= 4 is 5.91 Å². The van der Waals surface area contributed by atoms with E-state index in [1.54, 1.807) is 0 Å². The molecule has 0 heterocycles. The molecule has 2 aromatic rings. The number of halogens is 2. The van der Waals surface area contributed by atoms with Crippen LogP contribution in [0.25, 0.3) is 0 Å². The van der Waals surface area contributed by atoms with Gasteiger partial charge in [-0.15, -0.1) is 0 Å². The van der Waals surface area contributed by atoms with E-state index in [0.717, 1.165) is 23.4 Å². The number of amides is 1. The fourth-order valence-corrected chi connectivity index (χ4v) is 2.41. The number of benzene rings is 2. The first kappa shape index (κ1) is 18.9. The van der Waals surface area contributed by atoms with Crippen LogP contribution in [0.1, 0.15) is 30.6 Å². The van der Waals surface area contributed by atoms with Gasteiger partial charge in [-0.2, -0.15) is 0 Å². The highest BCUT2D eigenvalue weighted by Crippen LogP contribution is 2.20. The largest absolute Gasteiger partial charge is 0.494 e. The molecular weight excluding hydrogens is 328 g/mol. The third-order valence-electron chi connectivity index (χ3n) is 3.70. The quantitative estimate of drug-likeness (QED) is 0.770. The summed E-state index contributed by atoms with van der Waals surface area (Å²) in [6.07, 6.45) is -0.710. The van der Waals surface area contributed by atoms with Crippen LogP contribution in [0.15, 0.2) is 42.5 Å². The van der Waals surface area contributed by atoms with Crippen molar-refractivity contribution in [2.75, 3.05) is 13.2 Å². The summed E-state index contributed by atoms with van der Waals surface area (Å²) >= 11 is 0. The first-order valence-electron chi connectivity index (χ1n) is 8.11. The van der Waals surface area contributed by atoms with Gasteiger partial charge in [-0.25, -0.2) is 8.78 Å². The van der Waals surface area contributed by atoms with Crippen LogP contribution in [0.3, 0.4) is 0 Å². The molecule has 2 N–H and O–H groups in total. The number of carbonyl (C=O) groups is 1. The molecule has 1 unspecified atom stereocenters. The monoisotopic (exact) mass is 349 g/mol. The van der Waals surface area contributed by atoms with E-state index in [1.807, 2.05) is 31.2 Å². The first-order chi connectivity index (χ1) is 12.0. The van der Waals surface area contributed by atoms with E-state index in [-0.39, 0.29) is 18.9 Å². The molecule has 0 aliphatic rings. The van der Waals surface area contributed by atoms with Crippen LogP contribution in [0, 0.1) is 11.6 Å². The number of aliphatic hydroxyl groups is 1. The van der Waals surface area contributed by atoms with Crippen LogP contribution in [0.2, 0.25) is 0 Å². The Labute approximate surface area is 145 Å². The van der Waals surface area contributed by atoms with Gasteiger partial charge in [0.2, 0.25) is 5.91 Å². The van der Waals surface area contributed by atoms with Gasteiger partial charge in [0.1, 0.15) is 23.5 Å². The van der Waals surface area contributed by atoms with Gasteiger partial charge in [0.05, 0.1) is 12.2 Å². The highest BCUT2D eigenvalue weighted by Gasteiger charge is 2.18. The van der Waals surface area contributed by atoms with Crippen LogP contribution in [-0.4, -0.2) is 24.2 Å². The highest BCUT2D eigenvalue weighted by atomic mass is 19.1. The summed E-state index contributed by atoms with van der Waals surface area (Å²) in [5.74, 6) is -1.21. The smallest absolute Gasteiger partial charge is 0.220 e. The van der Waals surface area contributed by atoms with Gasteiger partial charge in [-0.05, 0) is 43.2 Å². The molecule has 25 heavy (non-hydrogen) atoms. The summed E-state index contributed by atoms with van der Waals surface area (Å²) in [4.78, 5) is 11.9. The van der Waals surface area contributed by atoms with Gasteiger partial charge < -0.3 is 15.2 Å². The zero-order chi connectivity index (χ0) is 18.2. The van der Waals surface area contributed by atoms with Crippen LogP contribution in [-0.2, 0) is 11.2 Å². The van der Waals surface area contributed by atoms with Crippen molar-refractivity contribution in [1.82, 2.24) is 5.32 Å². The summed E-state index contributed by atoms with van der Waals surface area (Å²) in [7, 11) is 0. The Kier molecular flexibility index (Phi) is 6.89. The minimum atomic E-state index is -1.43. The lowest BCUT2D eigenvalue weighted by molar-refractivity contribution is -0.121. The van der Waals surface area contributed by atoms with Crippen LogP contribution >= 0.6 is 0 Å². The summed E-state index contributed by atoms with van der Waals surface area (Å²) in [6, 6.07) is 10.8. The maximum atomic E-state index is 13.6. The SMILES string of the molecule is CCOc1ccc(CCC(=O)NCC(O)c2c(F)cccc2F)cc1. The molecule has 4 nitrogen and oxygen atoms in total. The van der Waals surface area contributed by atoms with Gasteiger partial charge in [-0.1, -0.05) is 18.2 Å². The summed E-state index contributed by atoms with van der Waals surface area (Å²) in [6.45, 7) is 2.24. The van der Waals surface area contributed by atoms with Crippen molar-refractivity contribution in [2.45, 2.75) is 25.9 Å². The van der Waals surface area contributed by atoms with E-state index in [4.69, 9.17) is 4.74 Å². The maximum absolute atomic E-state index is 13.6. The third-order valence-corrected chi connectivity index (χ3v) is 3.70. The number of ether oxygens (including phenoxy) is 1. The Morgan fingerprint density at radius 1 is 1.16 bits per heavy atom. The Morgan fingerprint density at radius 3 is 2.40 bits per heavy atom. The molecule has 0 aliphatic heterocycles. The number of hydrogen-bond acceptors (Lipinski definition) is 3. The van der Waals surface area contributed by atoms with E-state index < -0.39 is 23.3 Å². The zero-order valence-corrected chi connectivity index (χ0v) is 14.0. The van der Waals surface area contributed by atoms with Crippen LogP contribution < -0.4 is 10.1 Å². The number of aryl methyl sites for hydroxylation is 1. The predicted molar refractivity (Wildman–Crippen MR) is 90.3 cm³/mol. The van der Waals surface area contributed by atoms with Crippen LogP contribution in [0.4, 0.5) is 8.78 Å². The molecule has 0 fully saturated rings. The minimum absolute atomic E-state index is 0.209. The lowest BCUT2D eigenvalue weighted by Gasteiger charge is -2.14. The average Bonchev–Trinajstić information content (AvgIpc) is 2.59. The van der Waals surface area contributed by atoms with Crippen molar-refractivity contribution in [2.24, 2.45) is 0 Å². The van der Waals surface area contributed by atoms with E-state index in [0.29, 0.717) is 13.0 Å². The number of carbonyl (C=O) groups excluding carboxylic acids is 1. The maximum Gasteiger partial charge on any atom is 0.220 e. The standard InChI is InChI=1S/C19H21F2NO3/c1-2-25-14-9-6-13(7-10-14)8-11-18(24)22-12-17(23)19-15(20)4-3-5-16(19)21/h3-7,9-10,17,23H,2,8,11-12H2,1H3,(H,22,24). The van der Waals surface area contributed by atoms with Gasteiger partial charge in [0.25, 0.3) is 0 Å². The fourth-order valence-electron chi connectivity index (χ4n) is 2.41. The van der Waals surface area contributed by atoms with Crippen molar-refractivity contribution in [3.63, 3.8) is 0 Å². The molecule has 2 aromatic carbocycles. The van der Waals surface area contributed by atoms with Crippen molar-refractivity contribution in [3.05, 3.63) is 65.2 Å². The molecule has 1 atom stereocenters. The molecule has 134 valence electrons. The summed E-state index contributed by atoms with van der Waals surface area (Å²) < 4.78 is 32.5. The number of nitrogens with one attached hydrogen (secondary N) is 1. The zero-order valence-electron chi connectivity index (χ0n) is 14.0. The fraction of sp³-hybridized carbons (Fsp3) is 0.316. The van der Waals surface area contributed by atoms with Crippen molar-refractivity contribution in [3.8, 4) is 5.75 Å². The molecule has 0 aromatic heterocycles. The molecule has 1 amide bonds. The Bertz CT molecular complexity index is 684. The van der Waals surface area contributed by atoms with Gasteiger partial charge in [0.15, 0.2) is 0 Å². The molecule has 0 saturated heterocycles. The average molecular weight is 349 g/mol. The molecule has 0 bridgehead atoms. The second-order valence-corrected chi connectivity index (χ2v) is 5.53. The second kappa shape index (κ2) is 9.13. The van der Waals surface area contributed by atoms with E-state index in [9.17, 15) is 18.7 Å². The van der Waals surface area contributed by atoms with E-state index in [1.165, 1.54) is 6.07 Å². The molecule has 6 heteroatoms. The topological polar surface area (TPSA) is 58.6 Å². The number of aliphatic hydroxyl groups excluding tert-OH is 1. The Balaban J connectivity index is 1.80. The van der Waals surface area contributed by atoms with Gasteiger partial charge in [-0.3, -0.25) is 4.79 Å². The number of rotatable bonds is 8.